The molecule has 0 saturated carbocycles. The minimum absolute atomic E-state index is 0.0807. The van der Waals surface area contributed by atoms with Gasteiger partial charge in [-0.15, -0.1) is 0 Å². The first kappa shape index (κ1) is 12.6. The van der Waals surface area contributed by atoms with Gasteiger partial charge in [0.15, 0.2) is 0 Å². The van der Waals surface area contributed by atoms with Crippen LogP contribution in [0.2, 0.25) is 0 Å². The van der Waals surface area contributed by atoms with Gasteiger partial charge in [-0.05, 0) is 31.0 Å². The number of carboxylic acids is 1. The number of carbonyl (C=O) groups is 1. The molecule has 1 aromatic rings. The van der Waals surface area contributed by atoms with Gasteiger partial charge in [-0.1, -0.05) is 6.92 Å². The molecular formula is C12H18N2O2. The van der Waals surface area contributed by atoms with Crippen LogP contribution in [0.3, 0.4) is 0 Å². The molecular weight excluding hydrogens is 204 g/mol. The number of nitrogens with zero attached hydrogens (tertiary/aromatic N) is 2. The van der Waals surface area contributed by atoms with Crippen molar-refractivity contribution in [2.75, 3.05) is 6.54 Å². The summed E-state index contributed by atoms with van der Waals surface area (Å²) in [6, 6.07) is 4.10. The third-order valence-electron chi connectivity index (χ3n) is 2.69. The molecule has 0 bridgehead atoms. The number of pyridine rings is 1. The van der Waals surface area contributed by atoms with Crippen molar-refractivity contribution in [2.45, 2.75) is 32.9 Å². The summed E-state index contributed by atoms with van der Waals surface area (Å²) in [4.78, 5) is 16.7. The third-order valence-corrected chi connectivity index (χ3v) is 2.69. The van der Waals surface area contributed by atoms with Gasteiger partial charge in [0, 0.05) is 25.0 Å². The number of hydrogen-bond donors (Lipinski definition) is 1. The molecule has 1 rings (SSSR count). The molecule has 1 N–H and O–H groups in total. The van der Waals surface area contributed by atoms with Crippen LogP contribution in [-0.4, -0.2) is 33.5 Å². The molecule has 0 spiro atoms. The van der Waals surface area contributed by atoms with Crippen molar-refractivity contribution < 1.29 is 9.90 Å². The van der Waals surface area contributed by atoms with Crippen molar-refractivity contribution in [3.05, 3.63) is 30.1 Å². The van der Waals surface area contributed by atoms with Crippen LogP contribution in [0.4, 0.5) is 0 Å². The Balaban J connectivity index is 2.67. The Bertz CT molecular complexity index is 327. The molecule has 4 heteroatoms. The topological polar surface area (TPSA) is 53.4 Å². The highest BCUT2D eigenvalue weighted by Crippen LogP contribution is 2.09. The lowest BCUT2D eigenvalue weighted by molar-refractivity contribution is -0.139. The molecule has 0 fully saturated rings. The van der Waals surface area contributed by atoms with E-state index in [0.29, 0.717) is 6.54 Å². The van der Waals surface area contributed by atoms with Crippen LogP contribution in [0.25, 0.3) is 0 Å². The largest absolute Gasteiger partial charge is 0.480 e. The van der Waals surface area contributed by atoms with Crippen molar-refractivity contribution in [1.82, 2.24) is 9.88 Å². The normalized spacial score (nSPS) is 12.7. The molecule has 1 unspecified atom stereocenters. The van der Waals surface area contributed by atoms with Crippen molar-refractivity contribution in [1.29, 1.82) is 0 Å². The Morgan fingerprint density at radius 3 is 2.62 bits per heavy atom. The lowest BCUT2D eigenvalue weighted by Crippen LogP contribution is -2.36. The van der Waals surface area contributed by atoms with Crippen LogP contribution >= 0.6 is 0 Å². The predicted molar refractivity (Wildman–Crippen MR) is 62.0 cm³/mol. The van der Waals surface area contributed by atoms with Gasteiger partial charge in [0.1, 0.15) is 0 Å². The standard InChI is InChI=1S/C12H18N2O2/c1-3-10(2)14(9-12(15)16)8-11-4-6-13-7-5-11/h4-7,10H,3,8-9H2,1-2H3,(H,15,16). The summed E-state index contributed by atoms with van der Waals surface area (Å²) in [6.07, 6.45) is 4.40. The van der Waals surface area contributed by atoms with Gasteiger partial charge in [0.05, 0.1) is 6.54 Å². The quantitative estimate of drug-likeness (QED) is 0.797. The maximum Gasteiger partial charge on any atom is 0.317 e. The molecule has 0 saturated heterocycles. The first-order valence-corrected chi connectivity index (χ1v) is 5.48. The van der Waals surface area contributed by atoms with Crippen LogP contribution in [0.15, 0.2) is 24.5 Å². The smallest absolute Gasteiger partial charge is 0.317 e. The van der Waals surface area contributed by atoms with E-state index >= 15 is 0 Å². The van der Waals surface area contributed by atoms with Crippen LogP contribution in [0.5, 0.6) is 0 Å². The zero-order valence-corrected chi connectivity index (χ0v) is 9.76. The van der Waals surface area contributed by atoms with E-state index in [0.717, 1.165) is 12.0 Å². The van der Waals surface area contributed by atoms with Crippen LogP contribution < -0.4 is 0 Å². The van der Waals surface area contributed by atoms with Crippen LogP contribution in [0.1, 0.15) is 25.8 Å². The Hall–Kier alpha value is -1.42. The van der Waals surface area contributed by atoms with Crippen LogP contribution in [-0.2, 0) is 11.3 Å². The lowest BCUT2D eigenvalue weighted by Gasteiger charge is -2.26. The van der Waals surface area contributed by atoms with Crippen molar-refractivity contribution >= 4 is 5.97 Å². The molecule has 0 amide bonds. The average molecular weight is 222 g/mol. The third kappa shape index (κ3) is 3.98. The number of aromatic nitrogens is 1. The first-order valence-electron chi connectivity index (χ1n) is 5.48. The summed E-state index contributed by atoms with van der Waals surface area (Å²) >= 11 is 0. The summed E-state index contributed by atoms with van der Waals surface area (Å²) in [6.45, 7) is 4.84. The molecule has 4 nitrogen and oxygen atoms in total. The van der Waals surface area contributed by atoms with E-state index in [4.69, 9.17) is 5.11 Å². The monoisotopic (exact) mass is 222 g/mol. The maximum absolute atomic E-state index is 10.8. The van der Waals surface area contributed by atoms with Crippen molar-refractivity contribution in [3.63, 3.8) is 0 Å². The van der Waals surface area contributed by atoms with Gasteiger partial charge in [-0.25, -0.2) is 0 Å². The van der Waals surface area contributed by atoms with E-state index in [1.54, 1.807) is 12.4 Å². The fourth-order valence-electron chi connectivity index (χ4n) is 1.52. The Morgan fingerprint density at radius 1 is 1.50 bits per heavy atom. The fraction of sp³-hybridized carbons (Fsp3) is 0.500. The number of hydrogen-bond acceptors (Lipinski definition) is 3. The molecule has 0 aliphatic rings. The van der Waals surface area contributed by atoms with Gasteiger partial charge in [0.25, 0.3) is 0 Å². The first-order chi connectivity index (χ1) is 7.63. The molecule has 0 aromatic carbocycles. The van der Waals surface area contributed by atoms with Crippen LogP contribution in [0, 0.1) is 0 Å². The molecule has 1 atom stereocenters. The van der Waals surface area contributed by atoms with E-state index in [-0.39, 0.29) is 12.6 Å². The second kappa shape index (κ2) is 6.23. The second-order valence-electron chi connectivity index (χ2n) is 3.91. The highest BCUT2D eigenvalue weighted by Gasteiger charge is 2.15. The molecule has 88 valence electrons. The van der Waals surface area contributed by atoms with Crippen molar-refractivity contribution in [3.8, 4) is 0 Å². The minimum Gasteiger partial charge on any atom is -0.480 e. The summed E-state index contributed by atoms with van der Waals surface area (Å²) in [5.41, 5.74) is 1.09. The predicted octanol–water partition coefficient (Wildman–Crippen LogP) is 1.77. The Labute approximate surface area is 95.9 Å². The van der Waals surface area contributed by atoms with E-state index in [1.165, 1.54) is 0 Å². The number of carboxylic acid groups (broad SMARTS) is 1. The van der Waals surface area contributed by atoms with Gasteiger partial charge >= 0.3 is 5.97 Å². The summed E-state index contributed by atoms with van der Waals surface area (Å²) in [5, 5.41) is 8.85. The van der Waals surface area contributed by atoms with Gasteiger partial charge < -0.3 is 5.11 Å². The maximum atomic E-state index is 10.8. The highest BCUT2D eigenvalue weighted by atomic mass is 16.4. The second-order valence-corrected chi connectivity index (χ2v) is 3.91. The average Bonchev–Trinajstić information content (AvgIpc) is 2.28. The van der Waals surface area contributed by atoms with E-state index in [1.807, 2.05) is 24.0 Å². The molecule has 1 heterocycles. The minimum atomic E-state index is -0.783. The number of aliphatic carboxylic acids is 1. The fourth-order valence-corrected chi connectivity index (χ4v) is 1.52. The van der Waals surface area contributed by atoms with Gasteiger partial charge in [-0.2, -0.15) is 0 Å². The molecule has 0 aliphatic carbocycles. The number of rotatable bonds is 6. The SMILES string of the molecule is CCC(C)N(CC(=O)O)Cc1ccncc1. The highest BCUT2D eigenvalue weighted by molar-refractivity contribution is 5.69. The van der Waals surface area contributed by atoms with E-state index < -0.39 is 5.97 Å². The Kier molecular flexibility index (Phi) is 4.92. The van der Waals surface area contributed by atoms with Crippen molar-refractivity contribution in [2.24, 2.45) is 0 Å². The van der Waals surface area contributed by atoms with E-state index in [2.05, 4.69) is 11.9 Å². The van der Waals surface area contributed by atoms with E-state index in [9.17, 15) is 4.79 Å². The molecule has 0 radical (unpaired) electrons. The summed E-state index contributed by atoms with van der Waals surface area (Å²) in [5.74, 6) is -0.783. The lowest BCUT2D eigenvalue weighted by atomic mass is 10.2. The van der Waals surface area contributed by atoms with Gasteiger partial charge in [0.2, 0.25) is 0 Å². The summed E-state index contributed by atoms with van der Waals surface area (Å²) in [7, 11) is 0. The Morgan fingerprint density at radius 2 is 2.12 bits per heavy atom. The zero-order valence-electron chi connectivity index (χ0n) is 9.76. The molecule has 1 aromatic heterocycles. The molecule has 0 aliphatic heterocycles. The molecule has 16 heavy (non-hydrogen) atoms. The zero-order chi connectivity index (χ0) is 12.0. The summed E-state index contributed by atoms with van der Waals surface area (Å²) < 4.78 is 0. The van der Waals surface area contributed by atoms with Gasteiger partial charge in [-0.3, -0.25) is 14.7 Å².